The first-order valence-corrected chi connectivity index (χ1v) is 7.41. The highest BCUT2D eigenvalue weighted by molar-refractivity contribution is 5.45. The molecule has 1 N–H and O–H groups in total. The van der Waals surface area contributed by atoms with E-state index in [1.165, 1.54) is 5.56 Å². The van der Waals surface area contributed by atoms with Gasteiger partial charge in [0, 0.05) is 45.8 Å². The van der Waals surface area contributed by atoms with E-state index in [2.05, 4.69) is 28.2 Å². The fraction of sp³-hybridized carbons (Fsp3) is 0.562. The van der Waals surface area contributed by atoms with Gasteiger partial charge in [-0.15, -0.1) is 0 Å². The molecule has 5 heteroatoms. The fourth-order valence-electron chi connectivity index (χ4n) is 2.56. The highest BCUT2D eigenvalue weighted by Crippen LogP contribution is 2.19. The van der Waals surface area contributed by atoms with Gasteiger partial charge in [-0.3, -0.25) is 4.90 Å². The lowest BCUT2D eigenvalue weighted by Crippen LogP contribution is -2.45. The van der Waals surface area contributed by atoms with E-state index in [0.717, 1.165) is 45.8 Å². The molecule has 114 valence electrons. The second-order valence-electron chi connectivity index (χ2n) is 5.48. The topological polar surface area (TPSA) is 51.5 Å². The first-order valence-electron chi connectivity index (χ1n) is 7.41. The summed E-state index contributed by atoms with van der Waals surface area (Å²) in [5, 5.41) is 12.4. The van der Waals surface area contributed by atoms with Crippen molar-refractivity contribution in [2.45, 2.75) is 6.54 Å². The van der Waals surface area contributed by atoms with Crippen molar-refractivity contribution in [1.29, 1.82) is 5.26 Å². The van der Waals surface area contributed by atoms with Crippen molar-refractivity contribution in [2.24, 2.45) is 0 Å². The fourth-order valence-corrected chi connectivity index (χ4v) is 2.56. The molecule has 21 heavy (non-hydrogen) atoms. The summed E-state index contributed by atoms with van der Waals surface area (Å²) in [5.74, 6) is 0.658. The molecule has 1 aromatic carbocycles. The third kappa shape index (κ3) is 4.71. The molecule has 1 fully saturated rings. The zero-order valence-electron chi connectivity index (χ0n) is 12.9. The standard InChI is InChI=1S/C16H24N4O/c1-19(9-10-20-7-5-18-6-8-20)13-14-3-4-15(12-17)16(11-14)21-2/h3-4,11,18H,5-10,13H2,1-2H3. The van der Waals surface area contributed by atoms with E-state index >= 15 is 0 Å². The minimum Gasteiger partial charge on any atom is -0.495 e. The number of methoxy groups -OCH3 is 1. The van der Waals surface area contributed by atoms with Crippen molar-refractivity contribution in [1.82, 2.24) is 15.1 Å². The van der Waals surface area contributed by atoms with Gasteiger partial charge in [0.1, 0.15) is 11.8 Å². The number of nitrogens with one attached hydrogen (secondary N) is 1. The number of hydrogen-bond acceptors (Lipinski definition) is 5. The van der Waals surface area contributed by atoms with Gasteiger partial charge in [0.25, 0.3) is 0 Å². The van der Waals surface area contributed by atoms with Gasteiger partial charge in [-0.05, 0) is 24.7 Å². The van der Waals surface area contributed by atoms with Gasteiger partial charge in [0.15, 0.2) is 0 Å². The summed E-state index contributed by atoms with van der Waals surface area (Å²) < 4.78 is 5.26. The predicted molar refractivity (Wildman–Crippen MR) is 83.4 cm³/mol. The number of nitrogens with zero attached hydrogens (tertiary/aromatic N) is 3. The van der Waals surface area contributed by atoms with Crippen LogP contribution in [0.15, 0.2) is 18.2 Å². The van der Waals surface area contributed by atoms with E-state index < -0.39 is 0 Å². The molecule has 1 aromatic rings. The van der Waals surface area contributed by atoms with E-state index in [1.807, 2.05) is 18.2 Å². The maximum atomic E-state index is 9.00. The third-order valence-electron chi connectivity index (χ3n) is 3.85. The maximum Gasteiger partial charge on any atom is 0.136 e. The summed E-state index contributed by atoms with van der Waals surface area (Å²) in [5.41, 5.74) is 1.76. The summed E-state index contributed by atoms with van der Waals surface area (Å²) in [6, 6.07) is 7.94. The van der Waals surface area contributed by atoms with E-state index in [9.17, 15) is 0 Å². The summed E-state index contributed by atoms with van der Waals surface area (Å²) in [4.78, 5) is 4.80. The Morgan fingerprint density at radius 1 is 1.38 bits per heavy atom. The van der Waals surface area contributed by atoms with E-state index in [1.54, 1.807) is 7.11 Å². The molecular weight excluding hydrogens is 264 g/mol. The van der Waals surface area contributed by atoms with E-state index in [4.69, 9.17) is 10.00 Å². The van der Waals surface area contributed by atoms with Crippen LogP contribution in [0.1, 0.15) is 11.1 Å². The Bertz CT molecular complexity index is 492. The molecule has 0 amide bonds. The summed E-state index contributed by atoms with van der Waals surface area (Å²) in [7, 11) is 3.74. The van der Waals surface area contributed by atoms with Crippen LogP contribution < -0.4 is 10.1 Å². The molecule has 1 heterocycles. The Labute approximate surface area is 127 Å². The number of rotatable bonds is 6. The van der Waals surface area contributed by atoms with Crippen molar-refractivity contribution in [2.75, 3.05) is 53.4 Å². The highest BCUT2D eigenvalue weighted by atomic mass is 16.5. The smallest absolute Gasteiger partial charge is 0.136 e. The van der Waals surface area contributed by atoms with Crippen LogP contribution >= 0.6 is 0 Å². The molecule has 1 aliphatic rings. The molecule has 0 aromatic heterocycles. The lowest BCUT2D eigenvalue weighted by Gasteiger charge is -2.29. The molecule has 0 spiro atoms. The van der Waals surface area contributed by atoms with Gasteiger partial charge in [-0.25, -0.2) is 0 Å². The van der Waals surface area contributed by atoms with Crippen molar-refractivity contribution in [3.63, 3.8) is 0 Å². The monoisotopic (exact) mass is 288 g/mol. The molecule has 0 bridgehead atoms. The summed E-state index contributed by atoms with van der Waals surface area (Å²) in [6.07, 6.45) is 0. The average molecular weight is 288 g/mol. The summed E-state index contributed by atoms with van der Waals surface area (Å²) >= 11 is 0. The van der Waals surface area contributed by atoms with Crippen LogP contribution in [-0.4, -0.2) is 63.2 Å². The second-order valence-corrected chi connectivity index (χ2v) is 5.48. The Morgan fingerprint density at radius 3 is 2.81 bits per heavy atom. The van der Waals surface area contributed by atoms with Crippen LogP contribution in [0.25, 0.3) is 0 Å². The largest absolute Gasteiger partial charge is 0.495 e. The van der Waals surface area contributed by atoms with Crippen LogP contribution in [0.2, 0.25) is 0 Å². The number of likely N-dealkylation sites (N-methyl/N-ethyl adjacent to an activating group) is 1. The zero-order valence-corrected chi connectivity index (χ0v) is 12.9. The molecule has 1 saturated heterocycles. The SMILES string of the molecule is COc1cc(CN(C)CCN2CCNCC2)ccc1C#N. The van der Waals surface area contributed by atoms with Gasteiger partial charge in [0.2, 0.25) is 0 Å². The zero-order chi connectivity index (χ0) is 15.1. The van der Waals surface area contributed by atoms with Crippen LogP contribution in [0, 0.1) is 11.3 Å². The van der Waals surface area contributed by atoms with Crippen LogP contribution in [-0.2, 0) is 6.54 Å². The normalized spacial score (nSPS) is 15.9. The molecule has 0 atom stereocenters. The molecule has 2 rings (SSSR count). The molecule has 0 saturated carbocycles. The van der Waals surface area contributed by atoms with Crippen LogP contribution in [0.4, 0.5) is 0 Å². The Hall–Kier alpha value is -1.61. The summed E-state index contributed by atoms with van der Waals surface area (Å²) in [6.45, 7) is 7.48. The van der Waals surface area contributed by atoms with Crippen molar-refractivity contribution in [3.05, 3.63) is 29.3 Å². The number of nitriles is 1. The average Bonchev–Trinajstić information content (AvgIpc) is 2.53. The first-order chi connectivity index (χ1) is 10.2. The maximum absolute atomic E-state index is 9.00. The number of ether oxygens (including phenoxy) is 1. The van der Waals surface area contributed by atoms with Crippen molar-refractivity contribution < 1.29 is 4.74 Å². The minimum absolute atomic E-state index is 0.588. The predicted octanol–water partition coefficient (Wildman–Crippen LogP) is 0.904. The Kier molecular flexibility index (Phi) is 6.00. The molecule has 1 aliphatic heterocycles. The van der Waals surface area contributed by atoms with Gasteiger partial charge >= 0.3 is 0 Å². The number of hydrogen-bond donors (Lipinski definition) is 1. The van der Waals surface area contributed by atoms with Gasteiger partial charge in [-0.1, -0.05) is 6.07 Å². The van der Waals surface area contributed by atoms with Crippen molar-refractivity contribution in [3.8, 4) is 11.8 Å². The van der Waals surface area contributed by atoms with E-state index in [0.29, 0.717) is 11.3 Å². The van der Waals surface area contributed by atoms with Gasteiger partial charge in [-0.2, -0.15) is 5.26 Å². The lowest BCUT2D eigenvalue weighted by molar-refractivity contribution is 0.202. The molecule has 0 radical (unpaired) electrons. The lowest BCUT2D eigenvalue weighted by atomic mass is 10.1. The third-order valence-corrected chi connectivity index (χ3v) is 3.85. The van der Waals surface area contributed by atoms with E-state index in [-0.39, 0.29) is 0 Å². The van der Waals surface area contributed by atoms with Crippen LogP contribution in [0.5, 0.6) is 5.75 Å². The number of piperazine rings is 1. The van der Waals surface area contributed by atoms with Gasteiger partial charge < -0.3 is 15.0 Å². The quantitative estimate of drug-likeness (QED) is 0.843. The Morgan fingerprint density at radius 2 is 2.14 bits per heavy atom. The highest BCUT2D eigenvalue weighted by Gasteiger charge is 2.11. The molecule has 0 unspecified atom stereocenters. The molecule has 0 aliphatic carbocycles. The molecule has 5 nitrogen and oxygen atoms in total. The van der Waals surface area contributed by atoms with Crippen LogP contribution in [0.3, 0.4) is 0 Å². The second kappa shape index (κ2) is 7.99. The van der Waals surface area contributed by atoms with Gasteiger partial charge in [0.05, 0.1) is 12.7 Å². The number of benzene rings is 1. The molecular formula is C16H24N4O. The first kappa shape index (κ1) is 15.8. The van der Waals surface area contributed by atoms with Crippen molar-refractivity contribution >= 4 is 0 Å². The Balaban J connectivity index is 1.84. The minimum atomic E-state index is 0.588.